The summed E-state index contributed by atoms with van der Waals surface area (Å²) < 4.78 is 16.5. The van der Waals surface area contributed by atoms with Gasteiger partial charge in [-0.3, -0.25) is 4.79 Å². The topological polar surface area (TPSA) is 48.0 Å². The minimum atomic E-state index is -0.0945. The van der Waals surface area contributed by atoms with E-state index < -0.39 is 0 Å². The Morgan fingerprint density at radius 3 is 3.17 bits per heavy atom. The van der Waals surface area contributed by atoms with Gasteiger partial charge < -0.3 is 19.1 Å². The molecule has 1 saturated heterocycles. The van der Waals surface area contributed by atoms with E-state index in [0.717, 1.165) is 30.7 Å². The number of amides is 1. The average Bonchev–Trinajstić information content (AvgIpc) is 2.86. The molecule has 1 unspecified atom stereocenters. The second-order valence-corrected chi connectivity index (χ2v) is 4.78. The zero-order valence-corrected chi connectivity index (χ0v) is 9.85. The van der Waals surface area contributed by atoms with Crippen molar-refractivity contribution in [3.05, 3.63) is 23.3 Å². The molecule has 0 radical (unpaired) electrons. The van der Waals surface area contributed by atoms with E-state index >= 15 is 0 Å². The summed E-state index contributed by atoms with van der Waals surface area (Å²) >= 11 is 0. The molecule has 0 bridgehead atoms. The second kappa shape index (κ2) is 3.62. The molecule has 5 nitrogen and oxygen atoms in total. The van der Waals surface area contributed by atoms with Crippen molar-refractivity contribution in [1.82, 2.24) is 4.90 Å². The fourth-order valence-electron chi connectivity index (χ4n) is 2.77. The van der Waals surface area contributed by atoms with E-state index in [0.29, 0.717) is 17.9 Å². The average molecular weight is 247 g/mol. The highest BCUT2D eigenvalue weighted by Crippen LogP contribution is 2.38. The number of ether oxygens (including phenoxy) is 3. The second-order valence-electron chi connectivity index (χ2n) is 4.78. The van der Waals surface area contributed by atoms with Crippen molar-refractivity contribution < 1.29 is 19.0 Å². The number of benzene rings is 1. The maximum absolute atomic E-state index is 12.3. The highest BCUT2D eigenvalue weighted by atomic mass is 16.7. The van der Waals surface area contributed by atoms with Crippen LogP contribution < -0.4 is 9.47 Å². The van der Waals surface area contributed by atoms with Crippen molar-refractivity contribution in [3.8, 4) is 11.5 Å². The number of hydrogen-bond acceptors (Lipinski definition) is 4. The van der Waals surface area contributed by atoms with Crippen LogP contribution in [0.1, 0.15) is 28.8 Å². The maximum atomic E-state index is 12.3. The molecule has 5 heteroatoms. The van der Waals surface area contributed by atoms with Crippen LogP contribution in [0, 0.1) is 0 Å². The first kappa shape index (κ1) is 10.2. The fraction of sp³-hybridized carbons (Fsp3) is 0.462. The standard InChI is InChI=1S/C13H13NO4/c15-13-9-4-8-6-16-7-17-10(8)5-11(9)18-12-2-1-3-14(12)13/h4-5,12H,1-3,6-7H2. The van der Waals surface area contributed by atoms with Crippen molar-refractivity contribution in [2.75, 3.05) is 13.3 Å². The molecule has 94 valence electrons. The lowest BCUT2D eigenvalue weighted by Crippen LogP contribution is -2.43. The van der Waals surface area contributed by atoms with Gasteiger partial charge in [0.25, 0.3) is 5.91 Å². The molecule has 0 N–H and O–H groups in total. The summed E-state index contributed by atoms with van der Waals surface area (Å²) in [6.45, 7) is 1.53. The molecule has 4 rings (SSSR count). The van der Waals surface area contributed by atoms with Gasteiger partial charge in [-0.05, 0) is 12.5 Å². The van der Waals surface area contributed by atoms with Gasteiger partial charge in [0.2, 0.25) is 0 Å². The van der Waals surface area contributed by atoms with Crippen LogP contribution in [0.2, 0.25) is 0 Å². The van der Waals surface area contributed by atoms with E-state index in [1.807, 2.05) is 12.1 Å². The van der Waals surface area contributed by atoms with Crippen LogP contribution in [0.5, 0.6) is 11.5 Å². The monoisotopic (exact) mass is 247 g/mol. The van der Waals surface area contributed by atoms with Gasteiger partial charge >= 0.3 is 0 Å². The lowest BCUT2D eigenvalue weighted by atomic mass is 10.1. The van der Waals surface area contributed by atoms with Gasteiger partial charge in [-0.15, -0.1) is 0 Å². The molecule has 1 aromatic rings. The van der Waals surface area contributed by atoms with E-state index in [9.17, 15) is 4.79 Å². The van der Waals surface area contributed by atoms with Crippen molar-refractivity contribution in [2.24, 2.45) is 0 Å². The zero-order chi connectivity index (χ0) is 12.1. The van der Waals surface area contributed by atoms with Crippen molar-refractivity contribution in [1.29, 1.82) is 0 Å². The van der Waals surface area contributed by atoms with Gasteiger partial charge in [0.1, 0.15) is 11.5 Å². The SMILES string of the molecule is O=C1c2cc3c(cc2OC2CCCN12)OCOC3. The molecule has 1 fully saturated rings. The Hall–Kier alpha value is -1.75. The highest BCUT2D eigenvalue weighted by Gasteiger charge is 2.37. The predicted molar refractivity (Wildman–Crippen MR) is 61.4 cm³/mol. The van der Waals surface area contributed by atoms with Crippen molar-refractivity contribution in [2.45, 2.75) is 25.7 Å². The molecule has 0 saturated carbocycles. The molecule has 0 aliphatic carbocycles. The molecule has 3 heterocycles. The highest BCUT2D eigenvalue weighted by molar-refractivity contribution is 5.98. The van der Waals surface area contributed by atoms with Crippen LogP contribution >= 0.6 is 0 Å². The molecule has 1 amide bonds. The lowest BCUT2D eigenvalue weighted by Gasteiger charge is -2.32. The smallest absolute Gasteiger partial charge is 0.260 e. The molecule has 0 spiro atoms. The normalized spacial score (nSPS) is 24.8. The third kappa shape index (κ3) is 1.34. The van der Waals surface area contributed by atoms with Crippen LogP contribution in [0.4, 0.5) is 0 Å². The Morgan fingerprint density at radius 1 is 1.28 bits per heavy atom. The number of fused-ring (bicyclic) bond motifs is 3. The summed E-state index contributed by atoms with van der Waals surface area (Å²) in [5, 5.41) is 0. The molecule has 3 aliphatic heterocycles. The zero-order valence-electron chi connectivity index (χ0n) is 9.85. The summed E-state index contributed by atoms with van der Waals surface area (Å²) in [6.07, 6.45) is 1.82. The van der Waals surface area contributed by atoms with Crippen LogP contribution in [-0.2, 0) is 11.3 Å². The molecular weight excluding hydrogens is 234 g/mol. The lowest BCUT2D eigenvalue weighted by molar-refractivity contribution is -0.0173. The van der Waals surface area contributed by atoms with Gasteiger partial charge in [0.15, 0.2) is 13.0 Å². The third-order valence-corrected chi connectivity index (χ3v) is 3.67. The summed E-state index contributed by atoms with van der Waals surface area (Å²) in [6, 6.07) is 3.65. The minimum Gasteiger partial charge on any atom is -0.469 e. The summed E-state index contributed by atoms with van der Waals surface area (Å²) in [7, 11) is 0. The van der Waals surface area contributed by atoms with E-state index in [-0.39, 0.29) is 18.9 Å². The molecule has 3 aliphatic rings. The van der Waals surface area contributed by atoms with Crippen LogP contribution in [0.15, 0.2) is 12.1 Å². The molecule has 18 heavy (non-hydrogen) atoms. The Balaban J connectivity index is 1.81. The number of hydrogen-bond donors (Lipinski definition) is 0. The Labute approximate surface area is 104 Å². The van der Waals surface area contributed by atoms with E-state index in [2.05, 4.69) is 0 Å². The fourth-order valence-corrected chi connectivity index (χ4v) is 2.77. The first-order valence-corrected chi connectivity index (χ1v) is 6.18. The van der Waals surface area contributed by atoms with Gasteiger partial charge in [0, 0.05) is 24.6 Å². The maximum Gasteiger partial charge on any atom is 0.260 e. The molecule has 0 aromatic heterocycles. The minimum absolute atomic E-state index is 0.0622. The third-order valence-electron chi connectivity index (χ3n) is 3.67. The number of rotatable bonds is 0. The summed E-state index contributed by atoms with van der Waals surface area (Å²) in [5.41, 5.74) is 1.54. The summed E-state index contributed by atoms with van der Waals surface area (Å²) in [5.74, 6) is 1.47. The van der Waals surface area contributed by atoms with Gasteiger partial charge in [-0.2, -0.15) is 0 Å². The van der Waals surface area contributed by atoms with E-state index in [1.165, 1.54) is 0 Å². The van der Waals surface area contributed by atoms with E-state index in [1.54, 1.807) is 4.90 Å². The first-order chi connectivity index (χ1) is 8.83. The Kier molecular flexibility index (Phi) is 2.05. The van der Waals surface area contributed by atoms with Crippen molar-refractivity contribution in [3.63, 3.8) is 0 Å². The predicted octanol–water partition coefficient (Wildman–Crippen LogP) is 1.51. The molecule has 1 atom stereocenters. The summed E-state index contributed by atoms with van der Waals surface area (Å²) in [4.78, 5) is 14.2. The largest absolute Gasteiger partial charge is 0.469 e. The van der Waals surface area contributed by atoms with Gasteiger partial charge in [0.05, 0.1) is 12.2 Å². The Morgan fingerprint density at radius 2 is 2.22 bits per heavy atom. The van der Waals surface area contributed by atoms with Gasteiger partial charge in [-0.25, -0.2) is 0 Å². The van der Waals surface area contributed by atoms with Gasteiger partial charge in [-0.1, -0.05) is 0 Å². The van der Waals surface area contributed by atoms with E-state index in [4.69, 9.17) is 14.2 Å². The van der Waals surface area contributed by atoms with Crippen LogP contribution in [0.25, 0.3) is 0 Å². The van der Waals surface area contributed by atoms with Crippen LogP contribution in [-0.4, -0.2) is 30.4 Å². The molecule has 1 aromatic carbocycles. The van der Waals surface area contributed by atoms with Crippen LogP contribution in [0.3, 0.4) is 0 Å². The number of carbonyl (C=O) groups is 1. The van der Waals surface area contributed by atoms with Crippen molar-refractivity contribution >= 4 is 5.91 Å². The quantitative estimate of drug-likeness (QED) is 0.697. The first-order valence-electron chi connectivity index (χ1n) is 6.18. The number of carbonyl (C=O) groups excluding carboxylic acids is 1. The Bertz CT molecular complexity index is 528. The molecular formula is C13H13NO4. The number of nitrogens with zero attached hydrogens (tertiary/aromatic N) is 1.